The van der Waals surface area contributed by atoms with Crippen molar-refractivity contribution in [1.29, 1.82) is 0 Å². The van der Waals surface area contributed by atoms with Crippen LogP contribution in [0.15, 0.2) is 10.3 Å². The van der Waals surface area contributed by atoms with Crippen LogP contribution in [-0.2, 0) is 4.84 Å². The van der Waals surface area contributed by atoms with E-state index in [9.17, 15) is 0 Å². The van der Waals surface area contributed by atoms with Gasteiger partial charge in [-0.2, -0.15) is 4.84 Å². The Balaban J connectivity index is 2.61. The molecule has 0 saturated heterocycles. The van der Waals surface area contributed by atoms with Gasteiger partial charge >= 0.3 is 6.40 Å². The van der Waals surface area contributed by atoms with E-state index in [-0.39, 0.29) is 0 Å². The lowest BCUT2D eigenvalue weighted by molar-refractivity contribution is 0.263. The van der Waals surface area contributed by atoms with Crippen molar-refractivity contribution in [2.45, 2.75) is 0 Å². The molecule has 0 saturated carbocycles. The topological polar surface area (TPSA) is 48.0 Å². The highest BCUT2D eigenvalue weighted by Crippen LogP contribution is 1.71. The van der Waals surface area contributed by atoms with Gasteiger partial charge in [-0.3, -0.25) is 0 Å². The Labute approximate surface area is 28.1 Å². The molecule has 0 aromatic heterocycles. The Morgan fingerprint density at radius 3 is 3.00 bits per heavy atom. The van der Waals surface area contributed by atoms with Crippen LogP contribution in [-0.4, -0.2) is 6.40 Å². The Hall–Kier alpha value is -0.930. The second-order valence-electron chi connectivity index (χ2n) is 0.497. The van der Waals surface area contributed by atoms with Gasteiger partial charge in [0.05, 0.1) is 0 Å². The molecule has 1 heterocycles. The largest absolute Gasteiger partial charge is 0.377 e. The Morgan fingerprint density at radius 2 is 2.80 bits per heavy atom. The van der Waals surface area contributed by atoms with E-state index in [1.807, 2.05) is 0 Å². The van der Waals surface area contributed by atoms with Gasteiger partial charge in [-0.25, -0.2) is 0 Å². The van der Waals surface area contributed by atoms with Gasteiger partial charge in [0.25, 0.3) is 5.28 Å². The molecule has 4 nitrogen and oxygen atoms in total. The van der Waals surface area contributed by atoms with Crippen molar-refractivity contribution in [2.24, 2.45) is 10.3 Å². The molecule has 0 amide bonds. The van der Waals surface area contributed by atoms with Crippen LogP contribution < -0.4 is 5.28 Å². The first-order chi connectivity index (χ1) is 2.50. The molecule has 0 atom stereocenters. The van der Waals surface area contributed by atoms with Crippen LogP contribution in [0.25, 0.3) is 0 Å². The maximum Gasteiger partial charge on any atom is 0.377 e. The molecule has 5 heavy (non-hydrogen) atoms. The summed E-state index contributed by atoms with van der Waals surface area (Å²) in [5.41, 5.74) is 0. The first kappa shape index (κ1) is 2.32. The predicted molar refractivity (Wildman–Crippen MR) is 14.1 cm³/mol. The average molecular weight is 71.0 g/mol. The lowest BCUT2D eigenvalue weighted by Crippen LogP contribution is -1.75. The van der Waals surface area contributed by atoms with Crippen LogP contribution in [0, 0.1) is 0 Å². The van der Waals surface area contributed by atoms with Crippen molar-refractivity contribution in [3.63, 3.8) is 0 Å². The van der Waals surface area contributed by atoms with Crippen LogP contribution in [0.3, 0.4) is 0 Å². The van der Waals surface area contributed by atoms with Crippen molar-refractivity contribution >= 4 is 6.40 Å². The van der Waals surface area contributed by atoms with Crippen LogP contribution >= 0.6 is 0 Å². The maximum atomic E-state index is 4.11. The molecule has 1 aliphatic heterocycles. The summed E-state index contributed by atoms with van der Waals surface area (Å²) in [6, 6.07) is 0. The standard InChI is InChI=1S/CHN3O/c1-2-3-4-5-1/h1H/q+1. The van der Waals surface area contributed by atoms with Crippen molar-refractivity contribution in [3.05, 3.63) is 0 Å². The van der Waals surface area contributed by atoms with E-state index in [0.717, 1.165) is 6.40 Å². The Kier molecular flexibility index (Phi) is 0.368. The zero-order chi connectivity index (χ0) is 3.54. The molecule has 25 valence electrons. The third kappa shape index (κ3) is 0.212. The van der Waals surface area contributed by atoms with Crippen molar-refractivity contribution in [1.82, 2.24) is 5.28 Å². The second kappa shape index (κ2) is 0.794. The SMILES string of the molecule is C1=NN=[N+]O1. The lowest BCUT2D eigenvalue weighted by Gasteiger charge is -1.45. The van der Waals surface area contributed by atoms with Crippen LogP contribution in [0.2, 0.25) is 0 Å². The smallest absolute Gasteiger partial charge is 0.194 e. The van der Waals surface area contributed by atoms with Gasteiger partial charge in [-0.05, 0) is 0 Å². The molecule has 0 aromatic carbocycles. The molecule has 0 N–H and O–H groups in total. The summed E-state index contributed by atoms with van der Waals surface area (Å²) in [5, 5.41) is 9.24. The zero-order valence-electron chi connectivity index (χ0n) is 2.33. The molecule has 4 heteroatoms. The van der Waals surface area contributed by atoms with E-state index >= 15 is 0 Å². The number of nitrogens with zero attached hydrogens (tertiary/aromatic N) is 3. The van der Waals surface area contributed by atoms with Crippen LogP contribution in [0.5, 0.6) is 0 Å². The van der Waals surface area contributed by atoms with Gasteiger partial charge in [0.1, 0.15) is 5.10 Å². The van der Waals surface area contributed by atoms with Crippen LogP contribution in [0.1, 0.15) is 0 Å². The number of hydrogen-bond acceptors (Lipinski definition) is 4. The summed E-state index contributed by atoms with van der Waals surface area (Å²) in [4.78, 5) is 4.11. The number of hydrogen-bond donors (Lipinski definition) is 0. The van der Waals surface area contributed by atoms with Gasteiger partial charge in [-0.1, -0.05) is 0 Å². The highest BCUT2D eigenvalue weighted by Gasteiger charge is 1.94. The third-order valence-corrected chi connectivity index (χ3v) is 0.230. The highest BCUT2D eigenvalue weighted by molar-refractivity contribution is 5.45. The fourth-order valence-electron chi connectivity index (χ4n) is 0.105. The van der Waals surface area contributed by atoms with E-state index in [0.29, 0.717) is 0 Å². The second-order valence-corrected chi connectivity index (χ2v) is 0.497. The summed E-state index contributed by atoms with van der Waals surface area (Å²) in [5.74, 6) is 0. The van der Waals surface area contributed by atoms with E-state index in [1.54, 1.807) is 0 Å². The molecule has 0 bridgehead atoms. The average Bonchev–Trinajstić information content (AvgIpc) is 1.76. The zero-order valence-corrected chi connectivity index (χ0v) is 2.33. The third-order valence-electron chi connectivity index (χ3n) is 0.230. The summed E-state index contributed by atoms with van der Waals surface area (Å²) >= 11 is 0. The van der Waals surface area contributed by atoms with Gasteiger partial charge in [0.15, 0.2) is 0 Å². The van der Waals surface area contributed by atoms with Gasteiger partial charge in [0.2, 0.25) is 5.22 Å². The van der Waals surface area contributed by atoms with Crippen LogP contribution in [0.4, 0.5) is 0 Å². The van der Waals surface area contributed by atoms with Gasteiger partial charge < -0.3 is 0 Å². The molecule has 1 rings (SSSR count). The van der Waals surface area contributed by atoms with E-state index in [4.69, 9.17) is 0 Å². The quantitative estimate of drug-likeness (QED) is 0.385. The summed E-state index contributed by atoms with van der Waals surface area (Å²) in [7, 11) is 0. The van der Waals surface area contributed by atoms with E-state index in [1.165, 1.54) is 0 Å². The molecule has 0 aliphatic carbocycles. The fraction of sp³-hybridized carbons (Fsp3) is 0. The molecule has 1 aliphatic rings. The first-order valence-electron chi connectivity index (χ1n) is 1.08. The molecular weight excluding hydrogens is 70.0 g/mol. The van der Waals surface area contributed by atoms with E-state index < -0.39 is 0 Å². The minimum absolute atomic E-state index is 1.15. The molecule has 0 aromatic rings. The lowest BCUT2D eigenvalue weighted by atomic mass is 11.5. The number of rotatable bonds is 0. The van der Waals surface area contributed by atoms with E-state index in [2.05, 4.69) is 20.4 Å². The van der Waals surface area contributed by atoms with Gasteiger partial charge in [-0.15, -0.1) is 0 Å². The minimum atomic E-state index is 1.15. The monoisotopic (exact) mass is 71.0 g/mol. The molecule has 0 fully saturated rings. The predicted octanol–water partition coefficient (Wildman–Crippen LogP) is -0.337. The van der Waals surface area contributed by atoms with Crippen molar-refractivity contribution in [2.75, 3.05) is 0 Å². The normalized spacial score (nSPS) is 16.0. The summed E-state index contributed by atoms with van der Waals surface area (Å²) < 4.78 is 0. The minimum Gasteiger partial charge on any atom is -0.194 e. The summed E-state index contributed by atoms with van der Waals surface area (Å²) in [6.07, 6.45) is 1.15. The Morgan fingerprint density at radius 1 is 1.80 bits per heavy atom. The molecule has 1 radical (unpaired) electrons. The highest BCUT2D eigenvalue weighted by atomic mass is 16.7. The maximum absolute atomic E-state index is 4.11. The fourth-order valence-corrected chi connectivity index (χ4v) is 0.105. The van der Waals surface area contributed by atoms with Crippen molar-refractivity contribution < 1.29 is 4.84 Å². The summed E-state index contributed by atoms with van der Waals surface area (Å²) in [6.45, 7) is 0. The van der Waals surface area contributed by atoms with Gasteiger partial charge in [0, 0.05) is 0 Å². The molecule has 0 unspecified atom stereocenters. The molecular formula is CHN3O+. The molecule has 0 spiro atoms. The Bertz CT molecular complexity index is 65.0. The van der Waals surface area contributed by atoms with Crippen molar-refractivity contribution in [3.8, 4) is 0 Å². The first-order valence-corrected chi connectivity index (χ1v) is 1.08.